The van der Waals surface area contributed by atoms with Crippen LogP contribution in [0.25, 0.3) is 0 Å². The van der Waals surface area contributed by atoms with Gasteiger partial charge in [0.05, 0.1) is 37.3 Å². The summed E-state index contributed by atoms with van der Waals surface area (Å²) in [7, 11) is -3.44. The number of hydrogen-bond acceptors (Lipinski definition) is 7. The highest BCUT2D eigenvalue weighted by atomic mass is 32.2. The van der Waals surface area contributed by atoms with Gasteiger partial charge in [0.2, 0.25) is 0 Å². The zero-order valence-corrected chi connectivity index (χ0v) is 22.4. The van der Waals surface area contributed by atoms with Crippen molar-refractivity contribution >= 4 is 10.1 Å². The maximum Gasteiger partial charge on any atom is 0.271 e. The van der Waals surface area contributed by atoms with E-state index in [1.807, 2.05) is 0 Å². The van der Waals surface area contributed by atoms with Crippen molar-refractivity contribution < 1.29 is 31.5 Å². The van der Waals surface area contributed by atoms with Crippen molar-refractivity contribution in [2.75, 3.05) is 19.8 Å². The van der Waals surface area contributed by atoms with Crippen LogP contribution in [0.5, 0.6) is 0 Å². The summed E-state index contributed by atoms with van der Waals surface area (Å²) in [6, 6.07) is 0. The maximum atomic E-state index is 12.9. The number of ether oxygens (including phenoxy) is 4. The van der Waals surface area contributed by atoms with E-state index in [-0.39, 0.29) is 29.3 Å². The van der Waals surface area contributed by atoms with Crippen LogP contribution < -0.4 is 0 Å². The normalized spacial score (nSPS) is 50.1. The molecule has 36 heavy (non-hydrogen) atoms. The largest absolute Gasteiger partial charge is 0.350 e. The molecule has 0 N–H and O–H groups in total. The molecule has 8 heteroatoms. The molecule has 0 amide bonds. The number of fused-ring (bicyclic) bond motifs is 1. The molecule has 0 aromatic heterocycles. The first-order chi connectivity index (χ1) is 17.5. The zero-order chi connectivity index (χ0) is 24.4. The monoisotopic (exact) mass is 524 g/mol. The topological polar surface area (TPSA) is 80.3 Å². The van der Waals surface area contributed by atoms with Gasteiger partial charge in [0.1, 0.15) is 0 Å². The van der Waals surface area contributed by atoms with Crippen molar-refractivity contribution in [1.82, 2.24) is 0 Å². The Hall–Kier alpha value is -0.250. The van der Waals surface area contributed by atoms with Crippen molar-refractivity contribution in [2.45, 2.75) is 125 Å². The van der Waals surface area contributed by atoms with Crippen LogP contribution in [-0.4, -0.2) is 57.3 Å². The SMILES string of the molecule is O=S1(=O)OC2CC3CC2C1C3C1CCCC2(C1)OCCCC(C1CCCC3(C1)OCCCCCO3)O2. The molecule has 2 spiro atoms. The number of hydrogen-bond donors (Lipinski definition) is 0. The average Bonchev–Trinajstić information content (AvgIpc) is 3.40. The fraction of sp³-hybridized carbons (Fsp3) is 1.00. The van der Waals surface area contributed by atoms with E-state index in [9.17, 15) is 8.42 Å². The molecule has 4 saturated carbocycles. The Morgan fingerprint density at radius 3 is 2.17 bits per heavy atom. The van der Waals surface area contributed by atoms with Gasteiger partial charge < -0.3 is 18.9 Å². The van der Waals surface area contributed by atoms with Crippen molar-refractivity contribution in [3.05, 3.63) is 0 Å². The van der Waals surface area contributed by atoms with E-state index in [1.54, 1.807) is 0 Å². The van der Waals surface area contributed by atoms with Crippen molar-refractivity contribution in [3.8, 4) is 0 Å². The van der Waals surface area contributed by atoms with Crippen molar-refractivity contribution in [2.24, 2.45) is 29.6 Å². The lowest BCUT2D eigenvalue weighted by atomic mass is 9.70. The summed E-state index contributed by atoms with van der Waals surface area (Å²) < 4.78 is 57.7. The van der Waals surface area contributed by atoms with Gasteiger partial charge in [-0.2, -0.15) is 8.42 Å². The molecule has 7 fully saturated rings. The minimum absolute atomic E-state index is 0.0510. The summed E-state index contributed by atoms with van der Waals surface area (Å²) in [5.74, 6) is 0.665. The van der Waals surface area contributed by atoms with E-state index in [0.717, 1.165) is 110 Å². The van der Waals surface area contributed by atoms with Gasteiger partial charge in [0.15, 0.2) is 11.6 Å². The molecular formula is C28H44O7S. The highest BCUT2D eigenvalue weighted by Crippen LogP contribution is 2.61. The summed E-state index contributed by atoms with van der Waals surface area (Å²) in [4.78, 5) is 0. The molecule has 9 unspecified atom stereocenters. The third-order valence-corrected chi connectivity index (χ3v) is 12.7. The summed E-state index contributed by atoms with van der Waals surface area (Å²) in [5.41, 5.74) is 0. The first kappa shape index (κ1) is 24.8. The second-order valence-electron chi connectivity index (χ2n) is 13.0. The molecule has 4 aliphatic carbocycles. The van der Waals surface area contributed by atoms with Crippen LogP contribution in [-0.2, 0) is 33.2 Å². The Bertz CT molecular complexity index is 913. The smallest absolute Gasteiger partial charge is 0.271 e. The van der Waals surface area contributed by atoms with Gasteiger partial charge in [-0.3, -0.25) is 4.18 Å². The Morgan fingerprint density at radius 1 is 0.639 bits per heavy atom. The standard InChI is InChI=1S/C28H44O7S/c29-36(30)26-22-15-21(16-24(22)35-36)25(26)20-8-5-11-28(18-20)33-14-6-9-23(34-28)19-7-4-10-27(17-19)31-12-2-1-3-13-32-27/h19-26H,1-18H2. The summed E-state index contributed by atoms with van der Waals surface area (Å²) in [6.07, 6.45) is 15.6. The molecule has 7 rings (SSSR count). The molecule has 2 bridgehead atoms. The molecule has 7 aliphatic rings. The predicted molar refractivity (Wildman–Crippen MR) is 132 cm³/mol. The quantitative estimate of drug-likeness (QED) is 0.474. The van der Waals surface area contributed by atoms with Crippen LogP contribution in [0, 0.1) is 29.6 Å². The van der Waals surface area contributed by atoms with Gasteiger partial charge in [-0.1, -0.05) is 0 Å². The molecule has 3 heterocycles. The zero-order valence-electron chi connectivity index (χ0n) is 21.6. The lowest BCUT2D eigenvalue weighted by Crippen LogP contribution is -2.49. The Kier molecular flexibility index (Phi) is 6.50. The highest BCUT2D eigenvalue weighted by molar-refractivity contribution is 7.87. The van der Waals surface area contributed by atoms with E-state index >= 15 is 0 Å². The number of rotatable bonds is 2. The van der Waals surface area contributed by atoms with E-state index in [2.05, 4.69) is 0 Å². The molecule has 0 aromatic rings. The third-order valence-electron chi connectivity index (χ3n) is 10.9. The lowest BCUT2D eigenvalue weighted by molar-refractivity contribution is -0.297. The molecule has 204 valence electrons. The second kappa shape index (κ2) is 9.44. The summed E-state index contributed by atoms with van der Waals surface area (Å²) >= 11 is 0. The molecule has 3 aliphatic heterocycles. The highest BCUT2D eigenvalue weighted by Gasteiger charge is 2.66. The van der Waals surface area contributed by atoms with Crippen LogP contribution in [0.1, 0.15) is 96.3 Å². The lowest BCUT2D eigenvalue weighted by Gasteiger charge is -2.47. The predicted octanol–water partition coefficient (Wildman–Crippen LogP) is 4.93. The van der Waals surface area contributed by atoms with Crippen LogP contribution in [0.3, 0.4) is 0 Å². The summed E-state index contributed by atoms with van der Waals surface area (Å²) in [6.45, 7) is 2.33. The molecule has 0 radical (unpaired) electrons. The Balaban J connectivity index is 1.08. The van der Waals surface area contributed by atoms with E-state index in [4.69, 9.17) is 23.1 Å². The van der Waals surface area contributed by atoms with Crippen LogP contribution >= 0.6 is 0 Å². The molecule has 9 atom stereocenters. The van der Waals surface area contributed by atoms with Gasteiger partial charge in [-0.25, -0.2) is 0 Å². The van der Waals surface area contributed by atoms with E-state index < -0.39 is 21.7 Å². The molecule has 0 aromatic carbocycles. The first-order valence-electron chi connectivity index (χ1n) is 15.0. The Labute approximate surface area is 216 Å². The third kappa shape index (κ3) is 4.30. The Morgan fingerprint density at radius 2 is 1.33 bits per heavy atom. The van der Waals surface area contributed by atoms with Crippen LogP contribution in [0.2, 0.25) is 0 Å². The minimum atomic E-state index is -3.44. The van der Waals surface area contributed by atoms with Gasteiger partial charge in [0.25, 0.3) is 10.1 Å². The molecular weight excluding hydrogens is 480 g/mol. The fourth-order valence-electron chi connectivity index (χ4n) is 9.49. The van der Waals surface area contributed by atoms with Crippen molar-refractivity contribution in [3.63, 3.8) is 0 Å². The van der Waals surface area contributed by atoms with Gasteiger partial charge in [-0.15, -0.1) is 0 Å². The minimum Gasteiger partial charge on any atom is -0.350 e. The fourth-order valence-corrected chi connectivity index (χ4v) is 11.7. The van der Waals surface area contributed by atoms with E-state index in [0.29, 0.717) is 17.8 Å². The van der Waals surface area contributed by atoms with Crippen LogP contribution in [0.15, 0.2) is 0 Å². The van der Waals surface area contributed by atoms with Crippen LogP contribution in [0.4, 0.5) is 0 Å². The van der Waals surface area contributed by atoms with Gasteiger partial charge >= 0.3 is 0 Å². The van der Waals surface area contributed by atoms with Crippen molar-refractivity contribution in [1.29, 1.82) is 0 Å². The van der Waals surface area contributed by atoms with Gasteiger partial charge in [-0.05, 0) is 94.3 Å². The molecule has 7 nitrogen and oxygen atoms in total. The summed E-state index contributed by atoms with van der Waals surface area (Å²) in [5, 5.41) is -0.296. The van der Waals surface area contributed by atoms with Gasteiger partial charge in [0, 0.05) is 31.6 Å². The van der Waals surface area contributed by atoms with E-state index in [1.165, 1.54) is 6.42 Å². The molecule has 3 saturated heterocycles. The maximum absolute atomic E-state index is 12.9. The second-order valence-corrected chi connectivity index (χ2v) is 14.7. The first-order valence-corrected chi connectivity index (χ1v) is 16.4. The average molecular weight is 525 g/mol.